The van der Waals surface area contributed by atoms with E-state index in [0.29, 0.717) is 22.4 Å². The monoisotopic (exact) mass is 428 g/mol. The second-order valence-electron chi connectivity index (χ2n) is 6.63. The fourth-order valence-corrected chi connectivity index (χ4v) is 2.83. The number of halogens is 3. The van der Waals surface area contributed by atoms with E-state index < -0.39 is 11.7 Å². The van der Waals surface area contributed by atoms with Gasteiger partial charge in [0.2, 0.25) is 0 Å². The molecule has 0 heterocycles. The first kappa shape index (κ1) is 22.0. The van der Waals surface area contributed by atoms with Gasteiger partial charge in [-0.3, -0.25) is 4.79 Å². The highest BCUT2D eigenvalue weighted by molar-refractivity contribution is 6.06. The number of alkyl halides is 3. The first-order valence-corrected chi connectivity index (χ1v) is 9.24. The molecule has 0 atom stereocenters. The number of phenolic OH excluding ortho intramolecular Hbond substituents is 1. The zero-order valence-corrected chi connectivity index (χ0v) is 16.5. The normalized spacial score (nSPS) is 11.5. The number of allylic oxidation sites excluding steroid dienone is 1. The van der Waals surface area contributed by atoms with Crippen LogP contribution in [0.3, 0.4) is 0 Å². The molecule has 4 nitrogen and oxygen atoms in total. The maximum absolute atomic E-state index is 12.9. The summed E-state index contributed by atoms with van der Waals surface area (Å²) in [5.74, 6) is 0.424. The van der Waals surface area contributed by atoms with Crippen molar-refractivity contribution in [1.29, 1.82) is 0 Å². The van der Waals surface area contributed by atoms with Crippen LogP contribution >= 0.6 is 0 Å². The topological polar surface area (TPSA) is 55.8 Å². The molecule has 0 radical (unpaired) electrons. The van der Waals surface area contributed by atoms with E-state index in [9.17, 15) is 23.1 Å². The van der Waals surface area contributed by atoms with Gasteiger partial charge in [0, 0.05) is 11.1 Å². The average Bonchev–Trinajstić information content (AvgIpc) is 2.76. The summed E-state index contributed by atoms with van der Waals surface area (Å²) in [6.45, 7) is -0.0158. The molecule has 0 aromatic heterocycles. The summed E-state index contributed by atoms with van der Waals surface area (Å²) in [7, 11) is 1.48. The Morgan fingerprint density at radius 3 is 2.45 bits per heavy atom. The Labute approximate surface area is 177 Å². The molecule has 0 bridgehead atoms. The lowest BCUT2D eigenvalue weighted by Crippen LogP contribution is -2.05. The first-order valence-electron chi connectivity index (χ1n) is 9.24. The molecule has 1 N–H and O–H groups in total. The van der Waals surface area contributed by atoms with Gasteiger partial charge in [0.05, 0.1) is 12.7 Å². The molecule has 31 heavy (non-hydrogen) atoms. The fourth-order valence-electron chi connectivity index (χ4n) is 2.83. The average molecular weight is 428 g/mol. The fraction of sp³-hybridized carbons (Fsp3) is 0.125. The molecular weight excluding hydrogens is 409 g/mol. The summed E-state index contributed by atoms with van der Waals surface area (Å²) in [5.41, 5.74) is 0.937. The number of ketones is 1. The number of methoxy groups -OCH3 is 1. The van der Waals surface area contributed by atoms with Crippen LogP contribution in [-0.4, -0.2) is 18.0 Å². The largest absolute Gasteiger partial charge is 0.508 e. The molecule has 0 saturated heterocycles. The lowest BCUT2D eigenvalue weighted by molar-refractivity contribution is -0.137. The molecule has 0 saturated carbocycles. The molecule has 0 amide bonds. The molecule has 0 spiro atoms. The van der Waals surface area contributed by atoms with Gasteiger partial charge in [0.25, 0.3) is 0 Å². The highest BCUT2D eigenvalue weighted by atomic mass is 19.4. The lowest BCUT2D eigenvalue weighted by Gasteiger charge is -2.13. The second-order valence-corrected chi connectivity index (χ2v) is 6.63. The third-order valence-corrected chi connectivity index (χ3v) is 4.44. The molecule has 3 aromatic rings. The molecule has 0 aliphatic carbocycles. The summed E-state index contributed by atoms with van der Waals surface area (Å²) in [4.78, 5) is 12.3. The van der Waals surface area contributed by atoms with E-state index in [1.807, 2.05) is 0 Å². The molecule has 7 heteroatoms. The summed E-state index contributed by atoms with van der Waals surface area (Å²) in [6, 6.07) is 15.7. The number of carbonyl (C=O) groups excluding carboxylic acids is 1. The second kappa shape index (κ2) is 9.38. The zero-order valence-electron chi connectivity index (χ0n) is 16.5. The van der Waals surface area contributed by atoms with Crippen LogP contribution in [-0.2, 0) is 12.8 Å². The van der Waals surface area contributed by atoms with Crippen molar-refractivity contribution in [3.05, 3.63) is 95.1 Å². The molecule has 3 aromatic carbocycles. The van der Waals surface area contributed by atoms with Crippen LogP contribution in [0, 0.1) is 0 Å². The Morgan fingerprint density at radius 2 is 1.77 bits per heavy atom. The third-order valence-electron chi connectivity index (χ3n) is 4.44. The van der Waals surface area contributed by atoms with Crippen molar-refractivity contribution in [2.24, 2.45) is 0 Å². The standard InChI is InChI=1S/C24H19F3O4/c1-30-23-12-6-16(5-11-22(29)17-7-9-20(28)10-8-17)13-18(23)15-31-21-4-2-3-19(14-21)24(25,26)27/h2-14,28H,15H2,1H3/b11-5+. The van der Waals surface area contributed by atoms with E-state index in [1.54, 1.807) is 24.3 Å². The number of phenols is 1. The van der Waals surface area contributed by atoms with Crippen molar-refractivity contribution in [3.8, 4) is 17.2 Å². The Bertz CT molecular complexity index is 1090. The van der Waals surface area contributed by atoms with Gasteiger partial charge in [-0.05, 0) is 66.2 Å². The molecule has 160 valence electrons. The molecule has 0 unspecified atom stereocenters. The minimum absolute atomic E-state index is 0.0158. The van der Waals surface area contributed by atoms with Crippen LogP contribution < -0.4 is 9.47 Å². The number of rotatable bonds is 7. The van der Waals surface area contributed by atoms with Gasteiger partial charge >= 0.3 is 6.18 Å². The Hall–Kier alpha value is -3.74. The predicted molar refractivity (Wildman–Crippen MR) is 110 cm³/mol. The number of carbonyl (C=O) groups is 1. The highest BCUT2D eigenvalue weighted by Crippen LogP contribution is 2.32. The smallest absolute Gasteiger partial charge is 0.416 e. The molecule has 0 aliphatic heterocycles. The maximum Gasteiger partial charge on any atom is 0.416 e. The van der Waals surface area contributed by atoms with Crippen molar-refractivity contribution in [1.82, 2.24) is 0 Å². The van der Waals surface area contributed by atoms with E-state index >= 15 is 0 Å². The van der Waals surface area contributed by atoms with Crippen LogP contribution in [0.15, 0.2) is 72.8 Å². The minimum atomic E-state index is -4.45. The SMILES string of the molecule is COc1ccc(/C=C/C(=O)c2ccc(O)cc2)cc1COc1cccc(C(F)(F)F)c1. The van der Waals surface area contributed by atoms with E-state index in [4.69, 9.17) is 9.47 Å². The number of hydrogen-bond acceptors (Lipinski definition) is 4. The van der Waals surface area contributed by atoms with Gasteiger partial charge in [-0.15, -0.1) is 0 Å². The Balaban J connectivity index is 1.75. The van der Waals surface area contributed by atoms with E-state index in [-0.39, 0.29) is 23.9 Å². The predicted octanol–water partition coefficient (Wildman–Crippen LogP) is 5.89. The van der Waals surface area contributed by atoms with Crippen LogP contribution in [0.5, 0.6) is 17.2 Å². The Kier molecular flexibility index (Phi) is 6.65. The van der Waals surface area contributed by atoms with Gasteiger partial charge in [-0.1, -0.05) is 18.2 Å². The quantitative estimate of drug-likeness (QED) is 0.376. The van der Waals surface area contributed by atoms with Gasteiger partial charge in [0.15, 0.2) is 5.78 Å². The van der Waals surface area contributed by atoms with Crippen LogP contribution in [0.1, 0.15) is 27.0 Å². The van der Waals surface area contributed by atoms with Crippen molar-refractivity contribution in [2.45, 2.75) is 12.8 Å². The third kappa shape index (κ3) is 5.88. The van der Waals surface area contributed by atoms with Crippen molar-refractivity contribution >= 4 is 11.9 Å². The van der Waals surface area contributed by atoms with E-state index in [0.717, 1.165) is 12.1 Å². The number of hydrogen-bond donors (Lipinski definition) is 1. The molecular formula is C24H19F3O4. The summed E-state index contributed by atoms with van der Waals surface area (Å²) in [5, 5.41) is 9.31. The molecule has 0 fully saturated rings. The first-order chi connectivity index (χ1) is 14.8. The summed E-state index contributed by atoms with van der Waals surface area (Å²) < 4.78 is 49.5. The zero-order chi connectivity index (χ0) is 22.4. The van der Waals surface area contributed by atoms with Crippen molar-refractivity contribution < 1.29 is 32.5 Å². The number of benzene rings is 3. The molecule has 3 rings (SSSR count). The van der Waals surface area contributed by atoms with Crippen LogP contribution in [0.2, 0.25) is 0 Å². The van der Waals surface area contributed by atoms with Crippen molar-refractivity contribution in [3.63, 3.8) is 0 Å². The minimum Gasteiger partial charge on any atom is -0.508 e. The number of ether oxygens (including phenoxy) is 2. The van der Waals surface area contributed by atoms with Crippen LogP contribution in [0.4, 0.5) is 13.2 Å². The van der Waals surface area contributed by atoms with Gasteiger partial charge in [-0.2, -0.15) is 13.2 Å². The van der Waals surface area contributed by atoms with E-state index in [1.165, 1.54) is 49.6 Å². The van der Waals surface area contributed by atoms with Crippen molar-refractivity contribution in [2.75, 3.05) is 7.11 Å². The van der Waals surface area contributed by atoms with E-state index in [2.05, 4.69) is 0 Å². The van der Waals surface area contributed by atoms with Crippen LogP contribution in [0.25, 0.3) is 6.08 Å². The Morgan fingerprint density at radius 1 is 1.03 bits per heavy atom. The summed E-state index contributed by atoms with van der Waals surface area (Å²) in [6.07, 6.45) is -1.44. The van der Waals surface area contributed by atoms with Gasteiger partial charge < -0.3 is 14.6 Å². The number of aromatic hydroxyl groups is 1. The molecule has 0 aliphatic rings. The van der Waals surface area contributed by atoms with Gasteiger partial charge in [0.1, 0.15) is 23.9 Å². The maximum atomic E-state index is 12.9. The van der Waals surface area contributed by atoms with Gasteiger partial charge in [-0.25, -0.2) is 0 Å². The highest BCUT2D eigenvalue weighted by Gasteiger charge is 2.30. The summed E-state index contributed by atoms with van der Waals surface area (Å²) >= 11 is 0. The lowest BCUT2D eigenvalue weighted by atomic mass is 10.1.